The second-order valence-corrected chi connectivity index (χ2v) is 7.83. The summed E-state index contributed by atoms with van der Waals surface area (Å²) in [5, 5.41) is 12.8. The fourth-order valence-electron chi connectivity index (χ4n) is 3.22. The van der Waals surface area contributed by atoms with Crippen LogP contribution in [0.2, 0.25) is 5.02 Å². The Bertz CT molecular complexity index is 841. The number of aliphatic carboxylic acids is 1. The van der Waals surface area contributed by atoms with E-state index in [2.05, 4.69) is 5.32 Å². The van der Waals surface area contributed by atoms with Gasteiger partial charge in [0.15, 0.2) is 0 Å². The molecule has 1 aliphatic heterocycles. The first-order chi connectivity index (χ1) is 12.4. The highest BCUT2D eigenvalue weighted by molar-refractivity contribution is 7.99. The van der Waals surface area contributed by atoms with Gasteiger partial charge in [-0.05, 0) is 43.3 Å². The number of hydrogen-bond donors (Lipinski definition) is 2. The van der Waals surface area contributed by atoms with Crippen molar-refractivity contribution >= 4 is 46.6 Å². The van der Waals surface area contributed by atoms with E-state index >= 15 is 0 Å². The monoisotopic (exact) mass is 390 g/mol. The van der Waals surface area contributed by atoms with Crippen molar-refractivity contribution in [2.24, 2.45) is 0 Å². The summed E-state index contributed by atoms with van der Waals surface area (Å²) in [6.45, 7) is 3.39. The molecule has 2 N–H and O–H groups in total. The summed E-state index contributed by atoms with van der Waals surface area (Å²) < 4.78 is 0. The van der Waals surface area contributed by atoms with Crippen molar-refractivity contribution in [1.82, 2.24) is 0 Å². The zero-order chi connectivity index (χ0) is 18.8. The van der Waals surface area contributed by atoms with Crippen molar-refractivity contribution in [3.05, 3.63) is 53.1 Å². The van der Waals surface area contributed by atoms with Crippen LogP contribution in [0.4, 0.5) is 11.4 Å². The number of rotatable bonds is 5. The van der Waals surface area contributed by atoms with E-state index < -0.39 is 5.97 Å². The minimum absolute atomic E-state index is 0.0198. The van der Waals surface area contributed by atoms with Crippen molar-refractivity contribution in [2.45, 2.75) is 30.0 Å². The highest BCUT2D eigenvalue weighted by Gasteiger charge is 2.39. The minimum Gasteiger partial charge on any atom is -0.480 e. The molecule has 2 unspecified atom stereocenters. The van der Waals surface area contributed by atoms with Crippen molar-refractivity contribution < 1.29 is 14.7 Å². The van der Waals surface area contributed by atoms with Crippen LogP contribution in [0.15, 0.2) is 47.4 Å². The van der Waals surface area contributed by atoms with Crippen LogP contribution in [-0.4, -0.2) is 29.6 Å². The van der Waals surface area contributed by atoms with Gasteiger partial charge in [0, 0.05) is 39.8 Å². The highest BCUT2D eigenvalue weighted by Crippen LogP contribution is 2.52. The van der Waals surface area contributed by atoms with Crippen molar-refractivity contribution in [3.8, 4) is 0 Å². The molecule has 2 aromatic carbocycles. The molecular weight excluding hydrogens is 372 g/mol. The standard InChI is InChI=1S/C19H19ClN2O3S/c1-11-19(26-14-8-6-13(20)7-9-14)18-15(21-12(2)23)4-3-5-16(18)22(11)10-17(24)25/h3-9,11,19H,10H2,1-2H3,(H,21,23)(H,24,25). The molecule has 0 saturated heterocycles. The number of amides is 1. The largest absolute Gasteiger partial charge is 0.480 e. The van der Waals surface area contributed by atoms with Gasteiger partial charge in [-0.15, -0.1) is 11.8 Å². The SMILES string of the molecule is CC(=O)Nc1cccc2c1C(Sc1ccc(Cl)cc1)C(C)N2CC(=O)O. The zero-order valence-corrected chi connectivity index (χ0v) is 16.0. The summed E-state index contributed by atoms with van der Waals surface area (Å²) in [5.74, 6) is -1.04. The maximum Gasteiger partial charge on any atom is 0.323 e. The summed E-state index contributed by atoms with van der Waals surface area (Å²) >= 11 is 7.61. The van der Waals surface area contributed by atoms with Crippen LogP contribution in [-0.2, 0) is 9.59 Å². The Morgan fingerprint density at radius 1 is 1.23 bits per heavy atom. The molecule has 0 spiro atoms. The number of fused-ring (bicyclic) bond motifs is 1. The van der Waals surface area contributed by atoms with Crippen LogP contribution in [0.3, 0.4) is 0 Å². The first kappa shape index (κ1) is 18.6. The molecule has 1 heterocycles. The number of halogens is 1. The van der Waals surface area contributed by atoms with E-state index in [9.17, 15) is 14.7 Å². The topological polar surface area (TPSA) is 69.6 Å². The van der Waals surface area contributed by atoms with E-state index in [1.54, 1.807) is 11.8 Å². The molecular formula is C19H19ClN2O3S. The lowest BCUT2D eigenvalue weighted by Crippen LogP contribution is -2.35. The van der Waals surface area contributed by atoms with Gasteiger partial charge < -0.3 is 15.3 Å². The van der Waals surface area contributed by atoms with Crippen LogP contribution < -0.4 is 10.2 Å². The maximum absolute atomic E-state index is 11.6. The zero-order valence-electron chi connectivity index (χ0n) is 14.4. The molecule has 2 aromatic rings. The average Bonchev–Trinajstić information content (AvgIpc) is 2.82. The van der Waals surface area contributed by atoms with Crippen LogP contribution >= 0.6 is 23.4 Å². The summed E-state index contributed by atoms with van der Waals surface area (Å²) in [6, 6.07) is 13.1. The smallest absolute Gasteiger partial charge is 0.323 e. The minimum atomic E-state index is -0.884. The summed E-state index contributed by atoms with van der Waals surface area (Å²) in [6.07, 6.45) is 0. The molecule has 0 aromatic heterocycles. The maximum atomic E-state index is 11.6. The molecule has 1 amide bonds. The van der Waals surface area contributed by atoms with Gasteiger partial charge in [-0.1, -0.05) is 17.7 Å². The number of carboxylic acids is 1. The normalized spacial score (nSPS) is 18.5. The molecule has 7 heteroatoms. The Morgan fingerprint density at radius 3 is 2.54 bits per heavy atom. The lowest BCUT2D eigenvalue weighted by Gasteiger charge is -2.25. The highest BCUT2D eigenvalue weighted by atomic mass is 35.5. The first-order valence-electron chi connectivity index (χ1n) is 8.18. The van der Waals surface area contributed by atoms with Gasteiger partial charge >= 0.3 is 5.97 Å². The van der Waals surface area contributed by atoms with Crippen LogP contribution in [0, 0.1) is 0 Å². The Labute approximate surface area is 161 Å². The Balaban J connectivity index is 2.03. The van der Waals surface area contributed by atoms with E-state index in [4.69, 9.17) is 11.6 Å². The fraction of sp³-hybridized carbons (Fsp3) is 0.263. The fourth-order valence-corrected chi connectivity index (χ4v) is 4.64. The molecule has 0 aliphatic carbocycles. The molecule has 0 fully saturated rings. The molecule has 1 aliphatic rings. The number of anilines is 2. The van der Waals surface area contributed by atoms with Gasteiger partial charge in [0.1, 0.15) is 6.54 Å². The molecule has 3 rings (SSSR count). The second-order valence-electron chi connectivity index (χ2n) is 6.17. The van der Waals surface area contributed by atoms with E-state index in [0.717, 1.165) is 21.8 Å². The molecule has 5 nitrogen and oxygen atoms in total. The van der Waals surface area contributed by atoms with Gasteiger partial charge in [0.25, 0.3) is 0 Å². The van der Waals surface area contributed by atoms with E-state index in [1.807, 2.05) is 54.3 Å². The van der Waals surface area contributed by atoms with Crippen molar-refractivity contribution in [3.63, 3.8) is 0 Å². The summed E-state index contributed by atoms with van der Waals surface area (Å²) in [7, 11) is 0. The Morgan fingerprint density at radius 2 is 1.92 bits per heavy atom. The third-order valence-electron chi connectivity index (χ3n) is 4.30. The van der Waals surface area contributed by atoms with Crippen LogP contribution in [0.1, 0.15) is 24.7 Å². The number of carboxylic acid groups (broad SMARTS) is 1. The lowest BCUT2D eigenvalue weighted by atomic mass is 10.1. The Hall–Kier alpha value is -2.18. The van der Waals surface area contributed by atoms with Crippen LogP contribution in [0.5, 0.6) is 0 Å². The third kappa shape index (κ3) is 3.81. The van der Waals surface area contributed by atoms with Crippen molar-refractivity contribution in [1.29, 1.82) is 0 Å². The van der Waals surface area contributed by atoms with Gasteiger partial charge in [-0.2, -0.15) is 0 Å². The Kier molecular flexibility index (Phi) is 5.44. The summed E-state index contributed by atoms with van der Waals surface area (Å²) in [4.78, 5) is 25.9. The molecule has 0 bridgehead atoms. The number of hydrogen-bond acceptors (Lipinski definition) is 4. The molecule has 26 heavy (non-hydrogen) atoms. The first-order valence-corrected chi connectivity index (χ1v) is 9.43. The van der Waals surface area contributed by atoms with Gasteiger partial charge in [0.05, 0.1) is 5.25 Å². The average molecular weight is 391 g/mol. The van der Waals surface area contributed by atoms with Crippen LogP contribution in [0.25, 0.3) is 0 Å². The number of carbonyl (C=O) groups is 2. The lowest BCUT2D eigenvalue weighted by molar-refractivity contribution is -0.135. The second kappa shape index (κ2) is 7.60. The molecule has 136 valence electrons. The predicted molar refractivity (Wildman–Crippen MR) is 105 cm³/mol. The number of benzene rings is 2. The van der Waals surface area contributed by atoms with E-state index in [0.29, 0.717) is 5.02 Å². The quantitative estimate of drug-likeness (QED) is 0.790. The number of nitrogens with zero attached hydrogens (tertiary/aromatic N) is 1. The number of nitrogens with one attached hydrogen (secondary N) is 1. The van der Waals surface area contributed by atoms with Gasteiger partial charge in [0.2, 0.25) is 5.91 Å². The molecule has 0 radical (unpaired) electrons. The summed E-state index contributed by atoms with van der Waals surface area (Å²) in [5.41, 5.74) is 2.52. The number of carbonyl (C=O) groups excluding carboxylic acids is 1. The molecule has 0 saturated carbocycles. The van der Waals surface area contributed by atoms with Crippen molar-refractivity contribution in [2.75, 3.05) is 16.8 Å². The molecule has 2 atom stereocenters. The van der Waals surface area contributed by atoms with E-state index in [1.165, 1.54) is 6.92 Å². The third-order valence-corrected chi connectivity index (χ3v) is 5.98. The van der Waals surface area contributed by atoms with Gasteiger partial charge in [-0.3, -0.25) is 9.59 Å². The van der Waals surface area contributed by atoms with E-state index in [-0.39, 0.29) is 23.7 Å². The van der Waals surface area contributed by atoms with Gasteiger partial charge in [-0.25, -0.2) is 0 Å². The predicted octanol–water partition coefficient (Wildman–Crippen LogP) is 4.42. The number of thioether (sulfide) groups is 1.